The molecule has 3 aromatic heterocycles. The lowest BCUT2D eigenvalue weighted by atomic mass is 10.1. The van der Waals surface area contributed by atoms with Gasteiger partial charge in [0.25, 0.3) is 0 Å². The predicted octanol–water partition coefficient (Wildman–Crippen LogP) is 6.80. The number of ether oxygens (including phenoxy) is 2. The van der Waals surface area contributed by atoms with Crippen LogP contribution in [0, 0.1) is 0 Å². The van der Waals surface area contributed by atoms with Crippen LogP contribution in [0.25, 0.3) is 22.2 Å². The average Bonchev–Trinajstić information content (AvgIpc) is 3.53. The lowest BCUT2D eigenvalue weighted by Crippen LogP contribution is -2.02. The molecular formula is C31H26BrN5O2. The van der Waals surface area contributed by atoms with Crippen molar-refractivity contribution >= 4 is 26.8 Å². The molecule has 194 valence electrons. The third kappa shape index (κ3) is 5.71. The molecule has 0 radical (unpaired) electrons. The summed E-state index contributed by atoms with van der Waals surface area (Å²) in [6.45, 7) is 1.48. The van der Waals surface area contributed by atoms with E-state index in [0.29, 0.717) is 31.5 Å². The van der Waals surface area contributed by atoms with Crippen LogP contribution in [0.5, 0.6) is 11.8 Å². The zero-order valence-electron chi connectivity index (χ0n) is 21.4. The zero-order chi connectivity index (χ0) is 26.6. The molecule has 6 rings (SSSR count). The van der Waals surface area contributed by atoms with Gasteiger partial charge in [-0.3, -0.25) is 9.36 Å². The zero-order valence-corrected chi connectivity index (χ0v) is 23.0. The minimum atomic E-state index is 0.386. The second kappa shape index (κ2) is 11.1. The Hall–Kier alpha value is -4.43. The van der Waals surface area contributed by atoms with Crippen LogP contribution in [0.4, 0.5) is 0 Å². The lowest BCUT2D eigenvalue weighted by molar-refractivity contribution is 0.268. The maximum atomic E-state index is 6.28. The largest absolute Gasteiger partial charge is 0.473 e. The number of halogens is 1. The molecule has 6 aromatic rings. The Morgan fingerprint density at radius 2 is 1.51 bits per heavy atom. The van der Waals surface area contributed by atoms with Crippen LogP contribution in [0.1, 0.15) is 16.7 Å². The number of rotatable bonds is 9. The molecule has 0 N–H and O–H groups in total. The molecule has 0 saturated heterocycles. The monoisotopic (exact) mass is 579 g/mol. The van der Waals surface area contributed by atoms with Gasteiger partial charge in [-0.1, -0.05) is 72.8 Å². The molecule has 0 atom stereocenters. The van der Waals surface area contributed by atoms with Crippen LogP contribution < -0.4 is 9.47 Å². The first-order valence-electron chi connectivity index (χ1n) is 12.6. The summed E-state index contributed by atoms with van der Waals surface area (Å²) in [5.41, 5.74) is 5.91. The van der Waals surface area contributed by atoms with Gasteiger partial charge in [0.1, 0.15) is 18.9 Å². The minimum absolute atomic E-state index is 0.386. The maximum absolute atomic E-state index is 6.28. The normalized spacial score (nSPS) is 11.1. The maximum Gasteiger partial charge on any atom is 0.226 e. The van der Waals surface area contributed by atoms with Gasteiger partial charge >= 0.3 is 0 Å². The molecule has 3 heterocycles. The van der Waals surface area contributed by atoms with Crippen LogP contribution in [0.15, 0.2) is 108 Å². The first-order valence-corrected chi connectivity index (χ1v) is 13.4. The van der Waals surface area contributed by atoms with Gasteiger partial charge in [-0.15, -0.1) is 0 Å². The number of aryl methyl sites for hydroxylation is 1. The molecule has 0 spiro atoms. The highest BCUT2D eigenvalue weighted by atomic mass is 79.9. The van der Waals surface area contributed by atoms with Crippen molar-refractivity contribution in [3.05, 3.63) is 125 Å². The second-order valence-corrected chi connectivity index (χ2v) is 10.1. The summed E-state index contributed by atoms with van der Waals surface area (Å²) in [4.78, 5) is 4.76. The van der Waals surface area contributed by atoms with E-state index in [9.17, 15) is 0 Å². The molecule has 0 aliphatic heterocycles. The van der Waals surface area contributed by atoms with Crippen molar-refractivity contribution in [1.82, 2.24) is 24.5 Å². The summed E-state index contributed by atoms with van der Waals surface area (Å²) in [5, 5.41) is 10.3. The summed E-state index contributed by atoms with van der Waals surface area (Å²) in [7, 11) is 1.95. The molecule has 39 heavy (non-hydrogen) atoms. The van der Waals surface area contributed by atoms with Gasteiger partial charge in [-0.05, 0) is 44.8 Å². The van der Waals surface area contributed by atoms with Crippen LogP contribution in [0.2, 0.25) is 0 Å². The van der Waals surface area contributed by atoms with E-state index in [0.717, 1.165) is 43.3 Å². The average molecular weight is 580 g/mol. The van der Waals surface area contributed by atoms with Gasteiger partial charge in [0.15, 0.2) is 0 Å². The van der Waals surface area contributed by atoms with Gasteiger partial charge in [-0.2, -0.15) is 15.2 Å². The van der Waals surface area contributed by atoms with Gasteiger partial charge in [0, 0.05) is 24.7 Å². The molecule has 0 bridgehead atoms. The number of fused-ring (bicyclic) bond motifs is 1. The molecule has 0 unspecified atom stereocenters. The molecule has 8 heteroatoms. The summed E-state index contributed by atoms with van der Waals surface area (Å²) in [5.74, 6) is 0.980. The quantitative estimate of drug-likeness (QED) is 0.188. The van der Waals surface area contributed by atoms with Gasteiger partial charge in [0.2, 0.25) is 11.8 Å². The molecule has 7 nitrogen and oxygen atoms in total. The Bertz CT molecular complexity index is 1710. The summed E-state index contributed by atoms with van der Waals surface area (Å²) in [6.07, 6.45) is 3.75. The Morgan fingerprint density at radius 1 is 0.795 bits per heavy atom. The van der Waals surface area contributed by atoms with Crippen LogP contribution >= 0.6 is 15.9 Å². The fraction of sp³-hybridized carbons (Fsp3) is 0.129. The third-order valence-corrected chi connectivity index (χ3v) is 6.81. The number of pyridine rings is 1. The van der Waals surface area contributed by atoms with Crippen molar-refractivity contribution in [3.63, 3.8) is 0 Å². The molecule has 0 fully saturated rings. The van der Waals surface area contributed by atoms with E-state index in [1.54, 1.807) is 6.20 Å². The Morgan fingerprint density at radius 3 is 2.21 bits per heavy atom. The second-order valence-electron chi connectivity index (χ2n) is 9.23. The molecule has 0 aliphatic carbocycles. The van der Waals surface area contributed by atoms with E-state index in [1.165, 1.54) is 0 Å². The van der Waals surface area contributed by atoms with E-state index in [-0.39, 0.29) is 0 Å². The summed E-state index contributed by atoms with van der Waals surface area (Å²) < 4.78 is 17.0. The Labute approximate surface area is 234 Å². The van der Waals surface area contributed by atoms with Gasteiger partial charge < -0.3 is 9.47 Å². The topological polar surface area (TPSA) is 67.0 Å². The van der Waals surface area contributed by atoms with E-state index in [1.807, 2.05) is 95.4 Å². The van der Waals surface area contributed by atoms with Crippen molar-refractivity contribution in [2.75, 3.05) is 0 Å². The van der Waals surface area contributed by atoms with E-state index < -0.39 is 0 Å². The molecule has 0 amide bonds. The number of hydrogen-bond acceptors (Lipinski definition) is 5. The standard InChI is InChI=1S/C31H26BrN5O2/c1-36-28-16-24(18-37-19-25(32)17-33-37)12-13-26(28)30(35-36)27-14-15-29(38-20-22-8-4-2-5-9-22)34-31(27)39-21-23-10-6-3-7-11-23/h2-17,19H,18,20-21H2,1H3. The Kier molecular flexibility index (Phi) is 7.10. The number of hydrogen-bond donors (Lipinski definition) is 0. The summed E-state index contributed by atoms with van der Waals surface area (Å²) >= 11 is 3.46. The highest BCUT2D eigenvalue weighted by molar-refractivity contribution is 9.10. The first-order chi connectivity index (χ1) is 19.1. The molecule has 0 aliphatic rings. The van der Waals surface area contributed by atoms with Crippen molar-refractivity contribution < 1.29 is 9.47 Å². The summed E-state index contributed by atoms with van der Waals surface area (Å²) in [6, 6.07) is 30.3. The van der Waals surface area contributed by atoms with E-state index in [4.69, 9.17) is 19.6 Å². The predicted molar refractivity (Wildman–Crippen MR) is 155 cm³/mol. The number of aromatic nitrogens is 5. The van der Waals surface area contributed by atoms with Gasteiger partial charge in [-0.25, -0.2) is 0 Å². The van der Waals surface area contributed by atoms with Crippen molar-refractivity contribution in [1.29, 1.82) is 0 Å². The Balaban J connectivity index is 1.33. The SMILES string of the molecule is Cn1nc(-c2ccc(OCc3ccccc3)nc2OCc2ccccc2)c2ccc(Cn3cc(Br)cn3)cc21. The third-order valence-electron chi connectivity index (χ3n) is 6.40. The molecular weight excluding hydrogens is 554 g/mol. The fourth-order valence-corrected chi connectivity index (χ4v) is 4.79. The van der Waals surface area contributed by atoms with E-state index in [2.05, 4.69) is 39.2 Å². The smallest absolute Gasteiger partial charge is 0.226 e. The molecule has 3 aromatic carbocycles. The number of benzene rings is 3. The highest BCUT2D eigenvalue weighted by Gasteiger charge is 2.18. The lowest BCUT2D eigenvalue weighted by Gasteiger charge is -2.12. The highest BCUT2D eigenvalue weighted by Crippen LogP contribution is 2.35. The van der Waals surface area contributed by atoms with Crippen LogP contribution in [0.3, 0.4) is 0 Å². The van der Waals surface area contributed by atoms with Crippen molar-refractivity contribution in [2.45, 2.75) is 19.8 Å². The number of nitrogens with zero attached hydrogens (tertiary/aromatic N) is 5. The van der Waals surface area contributed by atoms with Crippen molar-refractivity contribution in [2.24, 2.45) is 7.05 Å². The van der Waals surface area contributed by atoms with Crippen molar-refractivity contribution in [3.8, 4) is 23.0 Å². The fourth-order valence-electron chi connectivity index (χ4n) is 4.46. The minimum Gasteiger partial charge on any atom is -0.473 e. The van der Waals surface area contributed by atoms with E-state index >= 15 is 0 Å². The van der Waals surface area contributed by atoms with Crippen LogP contribution in [-0.2, 0) is 26.8 Å². The van der Waals surface area contributed by atoms with Crippen LogP contribution in [-0.4, -0.2) is 24.5 Å². The molecule has 0 saturated carbocycles. The van der Waals surface area contributed by atoms with Gasteiger partial charge in [0.05, 0.1) is 28.3 Å². The first kappa shape index (κ1) is 24.9.